The standard InChI is InChI=1S/C12H25N/c1-3-4-5-6-7-11(2)12-8-9-13-10-12/h11-13H,3-10H2,1-2H3/t11?,12-/m1/s1. The van der Waals surface area contributed by atoms with Crippen LogP contribution in [-0.4, -0.2) is 13.1 Å². The van der Waals surface area contributed by atoms with Crippen LogP contribution in [0.15, 0.2) is 0 Å². The van der Waals surface area contributed by atoms with Crippen molar-refractivity contribution in [2.75, 3.05) is 13.1 Å². The Hall–Kier alpha value is -0.0400. The van der Waals surface area contributed by atoms with E-state index in [1.165, 1.54) is 51.6 Å². The zero-order valence-corrected chi connectivity index (χ0v) is 9.31. The summed E-state index contributed by atoms with van der Waals surface area (Å²) in [5, 5.41) is 3.45. The van der Waals surface area contributed by atoms with E-state index in [1.807, 2.05) is 0 Å². The van der Waals surface area contributed by atoms with E-state index in [0.29, 0.717) is 0 Å². The van der Waals surface area contributed by atoms with Gasteiger partial charge in [0.15, 0.2) is 0 Å². The third-order valence-corrected chi connectivity index (χ3v) is 3.42. The highest BCUT2D eigenvalue weighted by Crippen LogP contribution is 2.23. The molecule has 1 fully saturated rings. The lowest BCUT2D eigenvalue weighted by Gasteiger charge is -2.17. The molecule has 1 N–H and O–H groups in total. The summed E-state index contributed by atoms with van der Waals surface area (Å²) in [6.07, 6.45) is 8.54. The molecule has 0 saturated carbocycles. The average molecular weight is 183 g/mol. The highest BCUT2D eigenvalue weighted by atomic mass is 14.9. The smallest absolute Gasteiger partial charge is 0.00175 e. The van der Waals surface area contributed by atoms with Crippen LogP contribution in [-0.2, 0) is 0 Å². The maximum absolute atomic E-state index is 3.45. The quantitative estimate of drug-likeness (QED) is 0.624. The lowest BCUT2D eigenvalue weighted by molar-refractivity contribution is 0.350. The summed E-state index contributed by atoms with van der Waals surface area (Å²) in [6, 6.07) is 0. The minimum absolute atomic E-state index is 0.951. The van der Waals surface area contributed by atoms with E-state index in [1.54, 1.807) is 0 Å². The van der Waals surface area contributed by atoms with Gasteiger partial charge in [-0.15, -0.1) is 0 Å². The molecule has 1 rings (SSSR count). The summed E-state index contributed by atoms with van der Waals surface area (Å²) < 4.78 is 0. The molecule has 1 heteroatoms. The van der Waals surface area contributed by atoms with Gasteiger partial charge in [0.25, 0.3) is 0 Å². The molecular weight excluding hydrogens is 158 g/mol. The van der Waals surface area contributed by atoms with Crippen molar-refractivity contribution in [3.8, 4) is 0 Å². The van der Waals surface area contributed by atoms with Gasteiger partial charge in [-0.25, -0.2) is 0 Å². The highest BCUT2D eigenvalue weighted by Gasteiger charge is 2.20. The molecule has 0 bridgehead atoms. The van der Waals surface area contributed by atoms with Crippen LogP contribution in [0.2, 0.25) is 0 Å². The van der Waals surface area contributed by atoms with Crippen LogP contribution in [0.1, 0.15) is 52.4 Å². The molecule has 1 aliphatic rings. The molecule has 0 aliphatic carbocycles. The number of rotatable bonds is 6. The van der Waals surface area contributed by atoms with Crippen LogP contribution in [0.3, 0.4) is 0 Å². The van der Waals surface area contributed by atoms with Gasteiger partial charge in [-0.3, -0.25) is 0 Å². The Morgan fingerprint density at radius 1 is 1.31 bits per heavy atom. The molecule has 0 aromatic heterocycles. The van der Waals surface area contributed by atoms with Crippen LogP contribution in [0.5, 0.6) is 0 Å². The summed E-state index contributed by atoms with van der Waals surface area (Å²) >= 11 is 0. The van der Waals surface area contributed by atoms with E-state index in [0.717, 1.165) is 11.8 Å². The van der Waals surface area contributed by atoms with Crippen molar-refractivity contribution in [1.82, 2.24) is 5.32 Å². The maximum atomic E-state index is 3.45. The van der Waals surface area contributed by atoms with Gasteiger partial charge in [0.05, 0.1) is 0 Å². The van der Waals surface area contributed by atoms with Gasteiger partial charge < -0.3 is 5.32 Å². The van der Waals surface area contributed by atoms with Gasteiger partial charge in [-0.05, 0) is 31.3 Å². The molecule has 2 atom stereocenters. The van der Waals surface area contributed by atoms with Gasteiger partial charge in [0, 0.05) is 0 Å². The Bertz CT molecular complexity index is 116. The highest BCUT2D eigenvalue weighted by molar-refractivity contribution is 4.75. The number of hydrogen-bond donors (Lipinski definition) is 1. The SMILES string of the molecule is CCCCCCC(C)[C@@H]1CCNC1. The summed E-state index contributed by atoms with van der Waals surface area (Å²) in [5.74, 6) is 1.92. The molecule has 1 heterocycles. The molecular formula is C12H25N. The second-order valence-electron chi connectivity index (χ2n) is 4.58. The van der Waals surface area contributed by atoms with Gasteiger partial charge in [0.1, 0.15) is 0 Å². The topological polar surface area (TPSA) is 12.0 Å². The number of hydrogen-bond acceptors (Lipinski definition) is 1. The fourth-order valence-electron chi connectivity index (χ4n) is 2.29. The average Bonchev–Trinajstić information content (AvgIpc) is 2.65. The zero-order chi connectivity index (χ0) is 9.52. The predicted molar refractivity (Wildman–Crippen MR) is 58.9 cm³/mol. The third kappa shape index (κ3) is 4.12. The van der Waals surface area contributed by atoms with Crippen LogP contribution in [0.25, 0.3) is 0 Å². The second kappa shape index (κ2) is 6.42. The molecule has 0 amide bonds. The fourth-order valence-corrected chi connectivity index (χ4v) is 2.29. The molecule has 1 aliphatic heterocycles. The molecule has 78 valence electrons. The van der Waals surface area contributed by atoms with Gasteiger partial charge in [-0.1, -0.05) is 46.0 Å². The summed E-state index contributed by atoms with van der Waals surface area (Å²) in [7, 11) is 0. The molecule has 1 unspecified atom stereocenters. The normalized spacial score (nSPS) is 24.9. The van der Waals surface area contributed by atoms with Gasteiger partial charge in [-0.2, -0.15) is 0 Å². The Kier molecular flexibility index (Phi) is 5.45. The number of unbranched alkanes of at least 4 members (excludes halogenated alkanes) is 3. The van der Waals surface area contributed by atoms with Gasteiger partial charge in [0.2, 0.25) is 0 Å². The Morgan fingerprint density at radius 3 is 2.77 bits per heavy atom. The van der Waals surface area contributed by atoms with Crippen LogP contribution in [0, 0.1) is 11.8 Å². The minimum atomic E-state index is 0.951. The first-order chi connectivity index (χ1) is 6.34. The Balaban J connectivity index is 1.99. The molecule has 0 radical (unpaired) electrons. The summed E-state index contributed by atoms with van der Waals surface area (Å²) in [4.78, 5) is 0. The third-order valence-electron chi connectivity index (χ3n) is 3.42. The fraction of sp³-hybridized carbons (Fsp3) is 1.00. The molecule has 0 aromatic rings. The minimum Gasteiger partial charge on any atom is -0.316 e. The van der Waals surface area contributed by atoms with E-state index < -0.39 is 0 Å². The summed E-state index contributed by atoms with van der Waals surface area (Å²) in [5.41, 5.74) is 0. The molecule has 1 nitrogen and oxygen atoms in total. The predicted octanol–water partition coefficient (Wildman–Crippen LogP) is 3.20. The van der Waals surface area contributed by atoms with E-state index >= 15 is 0 Å². The Labute approximate surface area is 83.3 Å². The van der Waals surface area contributed by atoms with Crippen molar-refractivity contribution in [3.63, 3.8) is 0 Å². The van der Waals surface area contributed by atoms with E-state index in [4.69, 9.17) is 0 Å². The summed E-state index contributed by atoms with van der Waals surface area (Å²) in [6.45, 7) is 7.24. The van der Waals surface area contributed by atoms with E-state index in [2.05, 4.69) is 19.2 Å². The number of nitrogens with one attached hydrogen (secondary N) is 1. The lowest BCUT2D eigenvalue weighted by atomic mass is 9.89. The lowest BCUT2D eigenvalue weighted by Crippen LogP contribution is -2.15. The van der Waals surface area contributed by atoms with Crippen LogP contribution < -0.4 is 5.32 Å². The van der Waals surface area contributed by atoms with Crippen molar-refractivity contribution in [2.45, 2.75) is 52.4 Å². The largest absolute Gasteiger partial charge is 0.316 e. The first-order valence-corrected chi connectivity index (χ1v) is 6.05. The van der Waals surface area contributed by atoms with E-state index in [-0.39, 0.29) is 0 Å². The van der Waals surface area contributed by atoms with Crippen molar-refractivity contribution >= 4 is 0 Å². The van der Waals surface area contributed by atoms with Crippen molar-refractivity contribution in [1.29, 1.82) is 0 Å². The van der Waals surface area contributed by atoms with Crippen LogP contribution in [0.4, 0.5) is 0 Å². The molecule has 1 saturated heterocycles. The van der Waals surface area contributed by atoms with Crippen LogP contribution >= 0.6 is 0 Å². The van der Waals surface area contributed by atoms with E-state index in [9.17, 15) is 0 Å². The second-order valence-corrected chi connectivity index (χ2v) is 4.58. The molecule has 13 heavy (non-hydrogen) atoms. The zero-order valence-electron chi connectivity index (χ0n) is 9.31. The molecule has 0 aromatic carbocycles. The Morgan fingerprint density at radius 2 is 2.15 bits per heavy atom. The monoisotopic (exact) mass is 183 g/mol. The van der Waals surface area contributed by atoms with Crippen molar-refractivity contribution in [2.24, 2.45) is 11.8 Å². The molecule has 0 spiro atoms. The van der Waals surface area contributed by atoms with Gasteiger partial charge >= 0.3 is 0 Å². The van der Waals surface area contributed by atoms with Crippen molar-refractivity contribution in [3.05, 3.63) is 0 Å². The van der Waals surface area contributed by atoms with Crippen molar-refractivity contribution < 1.29 is 0 Å². The first-order valence-electron chi connectivity index (χ1n) is 6.05. The maximum Gasteiger partial charge on any atom is -0.00175 e. The first kappa shape index (κ1) is 11.0.